The highest BCUT2D eigenvalue weighted by atomic mass is 79.9. The highest BCUT2D eigenvalue weighted by molar-refractivity contribution is 9.09. The van der Waals surface area contributed by atoms with Crippen LogP contribution >= 0.6 is 15.9 Å². The van der Waals surface area contributed by atoms with Crippen LogP contribution in [0.5, 0.6) is 0 Å². The van der Waals surface area contributed by atoms with Crippen LogP contribution in [0.15, 0.2) is 0 Å². The molecule has 0 aliphatic carbocycles. The van der Waals surface area contributed by atoms with E-state index in [1.165, 1.54) is 0 Å². The Bertz CT molecular complexity index is 365. The maximum Gasteiger partial charge on any atom is 0.214 e. The largest absolute Gasteiger partial charge is 0.301 e. The molecule has 0 unspecified atom stereocenters. The van der Waals surface area contributed by atoms with Gasteiger partial charge in [-0.25, -0.2) is 12.7 Å². The number of halogens is 1. The Balaban J connectivity index is 2.54. The fraction of sp³-hybridized carbons (Fsp3) is 1.00. The van der Waals surface area contributed by atoms with Gasteiger partial charge in [0, 0.05) is 31.5 Å². The molecular weight excluding hydrogens is 328 g/mol. The van der Waals surface area contributed by atoms with E-state index < -0.39 is 10.0 Å². The van der Waals surface area contributed by atoms with Crippen molar-refractivity contribution in [2.45, 2.75) is 33.6 Å². The summed E-state index contributed by atoms with van der Waals surface area (Å²) in [6.45, 7) is 10.4. The molecule has 0 aromatic carbocycles. The van der Waals surface area contributed by atoms with Gasteiger partial charge in [0.1, 0.15) is 0 Å². The van der Waals surface area contributed by atoms with E-state index >= 15 is 0 Å². The van der Waals surface area contributed by atoms with Gasteiger partial charge in [-0.2, -0.15) is 0 Å². The SMILES string of the molecule is CC(C)(C)CCS(=O)(=O)N1CCCN(CCBr)CC1. The molecule has 0 spiro atoms. The third-order valence-electron chi connectivity index (χ3n) is 3.45. The van der Waals surface area contributed by atoms with Crippen LogP contribution in [0.2, 0.25) is 0 Å². The standard InChI is InChI=1S/C13H27BrN2O2S/c1-13(2,3)5-12-19(17,18)16-8-4-7-15(9-6-14)10-11-16/h4-12H2,1-3H3. The van der Waals surface area contributed by atoms with Crippen LogP contribution < -0.4 is 0 Å². The lowest BCUT2D eigenvalue weighted by Gasteiger charge is -2.24. The molecule has 1 saturated heterocycles. The summed E-state index contributed by atoms with van der Waals surface area (Å²) in [4.78, 5) is 2.33. The number of hydrogen-bond acceptors (Lipinski definition) is 3. The molecule has 1 rings (SSSR count). The Morgan fingerprint density at radius 2 is 1.79 bits per heavy atom. The van der Waals surface area contributed by atoms with Crippen molar-refractivity contribution in [1.82, 2.24) is 9.21 Å². The van der Waals surface area contributed by atoms with Crippen LogP contribution in [0.1, 0.15) is 33.6 Å². The lowest BCUT2D eigenvalue weighted by atomic mass is 9.94. The number of rotatable bonds is 5. The van der Waals surface area contributed by atoms with Gasteiger partial charge in [-0.3, -0.25) is 0 Å². The molecule has 0 bridgehead atoms. The van der Waals surface area contributed by atoms with E-state index in [1.807, 2.05) is 0 Å². The molecule has 1 aliphatic rings. The second-order valence-corrected chi connectivity index (χ2v) is 9.29. The molecule has 114 valence electrons. The Kier molecular flexibility index (Phi) is 6.76. The Labute approximate surface area is 126 Å². The van der Waals surface area contributed by atoms with Gasteiger partial charge in [0.2, 0.25) is 10.0 Å². The lowest BCUT2D eigenvalue weighted by molar-refractivity contribution is 0.304. The average Bonchev–Trinajstić information content (AvgIpc) is 2.52. The van der Waals surface area contributed by atoms with Gasteiger partial charge >= 0.3 is 0 Å². The number of alkyl halides is 1. The maximum absolute atomic E-state index is 12.3. The van der Waals surface area contributed by atoms with Gasteiger partial charge in [0.15, 0.2) is 0 Å². The van der Waals surface area contributed by atoms with E-state index in [2.05, 4.69) is 41.6 Å². The molecule has 1 aliphatic heterocycles. The second-order valence-electron chi connectivity index (χ2n) is 6.41. The molecule has 4 nitrogen and oxygen atoms in total. The zero-order chi connectivity index (χ0) is 14.5. The van der Waals surface area contributed by atoms with E-state index in [9.17, 15) is 8.42 Å². The molecule has 0 N–H and O–H groups in total. The van der Waals surface area contributed by atoms with Gasteiger partial charge in [-0.15, -0.1) is 0 Å². The fourth-order valence-electron chi connectivity index (χ4n) is 2.13. The average molecular weight is 355 g/mol. The first-order valence-corrected chi connectivity index (χ1v) is 9.74. The van der Waals surface area contributed by atoms with Crippen LogP contribution in [0, 0.1) is 5.41 Å². The summed E-state index contributed by atoms with van der Waals surface area (Å²) < 4.78 is 26.4. The lowest BCUT2D eigenvalue weighted by Crippen LogP contribution is -2.37. The first-order chi connectivity index (χ1) is 8.74. The predicted octanol–water partition coefficient (Wildman–Crippen LogP) is 2.16. The van der Waals surface area contributed by atoms with Crippen LogP contribution in [0.3, 0.4) is 0 Å². The van der Waals surface area contributed by atoms with Crippen molar-refractivity contribution in [3.63, 3.8) is 0 Å². The van der Waals surface area contributed by atoms with E-state index in [0.29, 0.717) is 13.1 Å². The molecule has 0 aromatic rings. The molecule has 19 heavy (non-hydrogen) atoms. The van der Waals surface area contributed by atoms with Crippen LogP contribution in [-0.2, 0) is 10.0 Å². The maximum atomic E-state index is 12.3. The van der Waals surface area contributed by atoms with Crippen molar-refractivity contribution in [2.24, 2.45) is 5.41 Å². The molecular formula is C13H27BrN2O2S. The zero-order valence-electron chi connectivity index (χ0n) is 12.4. The Morgan fingerprint density at radius 3 is 2.37 bits per heavy atom. The fourth-order valence-corrected chi connectivity index (χ4v) is 4.53. The number of nitrogens with zero attached hydrogens (tertiary/aromatic N) is 2. The first kappa shape index (κ1) is 17.4. The van der Waals surface area contributed by atoms with E-state index in [1.54, 1.807) is 4.31 Å². The normalized spacial score (nSPS) is 20.4. The minimum Gasteiger partial charge on any atom is -0.301 e. The number of sulfonamides is 1. The first-order valence-electron chi connectivity index (χ1n) is 7.01. The number of hydrogen-bond donors (Lipinski definition) is 0. The summed E-state index contributed by atoms with van der Waals surface area (Å²) in [7, 11) is -3.08. The molecule has 0 amide bonds. The van der Waals surface area contributed by atoms with Crippen LogP contribution in [-0.4, -0.2) is 61.4 Å². The Hall–Kier alpha value is 0.350. The second kappa shape index (κ2) is 7.38. The smallest absolute Gasteiger partial charge is 0.214 e. The highest BCUT2D eigenvalue weighted by Crippen LogP contribution is 2.21. The van der Waals surface area contributed by atoms with Crippen molar-refractivity contribution in [2.75, 3.05) is 43.8 Å². The van der Waals surface area contributed by atoms with Crippen molar-refractivity contribution in [1.29, 1.82) is 0 Å². The molecule has 0 atom stereocenters. The molecule has 0 saturated carbocycles. The van der Waals surface area contributed by atoms with Crippen LogP contribution in [0.25, 0.3) is 0 Å². The van der Waals surface area contributed by atoms with Gasteiger partial charge < -0.3 is 4.90 Å². The summed E-state index contributed by atoms with van der Waals surface area (Å²) in [5.41, 5.74) is 0.0704. The summed E-state index contributed by atoms with van der Waals surface area (Å²) in [6, 6.07) is 0. The minimum atomic E-state index is -3.08. The van der Waals surface area contributed by atoms with Crippen LogP contribution in [0.4, 0.5) is 0 Å². The summed E-state index contributed by atoms with van der Waals surface area (Å²) in [6.07, 6.45) is 1.65. The highest BCUT2D eigenvalue weighted by Gasteiger charge is 2.26. The van der Waals surface area contributed by atoms with Crippen molar-refractivity contribution in [3.8, 4) is 0 Å². The molecule has 0 aromatic heterocycles. The summed E-state index contributed by atoms with van der Waals surface area (Å²) in [5.74, 6) is 0.273. The van der Waals surface area contributed by atoms with Gasteiger partial charge in [-0.05, 0) is 24.8 Å². The molecule has 0 radical (unpaired) electrons. The third kappa shape index (κ3) is 6.56. The van der Waals surface area contributed by atoms with E-state index in [0.717, 1.165) is 37.8 Å². The third-order valence-corrected chi connectivity index (χ3v) is 5.68. The van der Waals surface area contributed by atoms with E-state index in [4.69, 9.17) is 0 Å². The zero-order valence-corrected chi connectivity index (χ0v) is 14.8. The van der Waals surface area contributed by atoms with Gasteiger partial charge in [0.25, 0.3) is 0 Å². The van der Waals surface area contributed by atoms with Crippen molar-refractivity contribution < 1.29 is 8.42 Å². The summed E-state index contributed by atoms with van der Waals surface area (Å²) >= 11 is 3.44. The Morgan fingerprint density at radius 1 is 1.11 bits per heavy atom. The quantitative estimate of drug-likeness (QED) is 0.710. The predicted molar refractivity (Wildman–Crippen MR) is 84.3 cm³/mol. The monoisotopic (exact) mass is 354 g/mol. The van der Waals surface area contributed by atoms with Gasteiger partial charge in [0.05, 0.1) is 5.75 Å². The molecule has 1 heterocycles. The van der Waals surface area contributed by atoms with Crippen molar-refractivity contribution >= 4 is 26.0 Å². The van der Waals surface area contributed by atoms with Crippen molar-refractivity contribution in [3.05, 3.63) is 0 Å². The van der Waals surface area contributed by atoms with Gasteiger partial charge in [-0.1, -0.05) is 36.7 Å². The van der Waals surface area contributed by atoms with E-state index in [-0.39, 0.29) is 11.2 Å². The molecule has 6 heteroatoms. The summed E-state index contributed by atoms with van der Waals surface area (Å²) in [5, 5.41) is 0.948. The minimum absolute atomic E-state index is 0.0704. The molecule has 1 fully saturated rings. The topological polar surface area (TPSA) is 40.6 Å².